The number of amides is 2. The zero-order chi connectivity index (χ0) is 13.7. The van der Waals surface area contributed by atoms with Crippen molar-refractivity contribution in [2.45, 2.75) is 38.1 Å². The average molecular weight is 269 g/mol. The molecule has 1 unspecified atom stereocenters. The normalized spacial score (nSPS) is 21.1. The summed E-state index contributed by atoms with van der Waals surface area (Å²) in [5.41, 5.74) is 0. The average Bonchev–Trinajstić information content (AvgIpc) is 3.08. The van der Waals surface area contributed by atoms with Crippen molar-refractivity contribution < 1.29 is 14.7 Å². The first-order chi connectivity index (χ1) is 9.16. The van der Waals surface area contributed by atoms with Crippen LogP contribution in [-0.4, -0.2) is 54.2 Å². The molecular formula is C13H23N3O3. The molecule has 0 spiro atoms. The highest BCUT2D eigenvalue weighted by atomic mass is 16.4. The molecule has 1 saturated carbocycles. The molecule has 1 atom stereocenters. The van der Waals surface area contributed by atoms with Crippen LogP contribution in [-0.2, 0) is 4.79 Å². The second-order valence-electron chi connectivity index (χ2n) is 5.46. The third-order valence-corrected chi connectivity index (χ3v) is 3.78. The Morgan fingerprint density at radius 1 is 1.26 bits per heavy atom. The largest absolute Gasteiger partial charge is 0.480 e. The van der Waals surface area contributed by atoms with Crippen LogP contribution in [0.2, 0.25) is 0 Å². The third kappa shape index (κ3) is 4.70. The maximum atomic E-state index is 11.6. The summed E-state index contributed by atoms with van der Waals surface area (Å²) in [6.07, 6.45) is 5.25. The van der Waals surface area contributed by atoms with Crippen molar-refractivity contribution in [3.05, 3.63) is 0 Å². The quantitative estimate of drug-likeness (QED) is 0.592. The lowest BCUT2D eigenvalue weighted by Gasteiger charge is -2.16. The van der Waals surface area contributed by atoms with Gasteiger partial charge in [-0.3, -0.25) is 0 Å². The molecule has 0 bridgehead atoms. The van der Waals surface area contributed by atoms with E-state index >= 15 is 0 Å². The SMILES string of the molecule is O=C(NCCCN1CCCC1)NC(C(=O)O)C1CC1. The number of urea groups is 1. The molecule has 2 rings (SSSR count). The van der Waals surface area contributed by atoms with Gasteiger partial charge in [0.15, 0.2) is 0 Å². The van der Waals surface area contributed by atoms with Crippen molar-refractivity contribution in [2.75, 3.05) is 26.2 Å². The smallest absolute Gasteiger partial charge is 0.326 e. The van der Waals surface area contributed by atoms with Crippen LogP contribution in [0.5, 0.6) is 0 Å². The molecule has 6 heteroatoms. The number of aliphatic carboxylic acids is 1. The molecule has 1 saturated heterocycles. The minimum absolute atomic E-state index is 0.118. The van der Waals surface area contributed by atoms with Gasteiger partial charge in [0.25, 0.3) is 0 Å². The predicted octanol–water partition coefficient (Wildman–Crippen LogP) is 0.635. The van der Waals surface area contributed by atoms with Crippen LogP contribution in [0.15, 0.2) is 0 Å². The Labute approximate surface area is 113 Å². The minimum atomic E-state index is -0.935. The highest BCUT2D eigenvalue weighted by Gasteiger charge is 2.37. The maximum absolute atomic E-state index is 11.6. The number of hydrogen-bond acceptors (Lipinski definition) is 3. The number of rotatable bonds is 7. The van der Waals surface area contributed by atoms with E-state index in [4.69, 9.17) is 5.11 Å². The van der Waals surface area contributed by atoms with Crippen LogP contribution in [0.25, 0.3) is 0 Å². The molecule has 19 heavy (non-hydrogen) atoms. The number of carbonyl (C=O) groups excluding carboxylic acids is 1. The van der Waals surface area contributed by atoms with Crippen molar-refractivity contribution in [1.82, 2.24) is 15.5 Å². The standard InChI is InChI=1S/C13H23N3O3/c17-12(18)11(10-4-5-10)15-13(19)14-6-3-9-16-7-1-2-8-16/h10-11H,1-9H2,(H,17,18)(H2,14,15,19). The Morgan fingerprint density at radius 2 is 1.95 bits per heavy atom. The van der Waals surface area contributed by atoms with Crippen molar-refractivity contribution in [3.63, 3.8) is 0 Å². The Kier molecular flexibility index (Phi) is 5.01. The van der Waals surface area contributed by atoms with Crippen LogP contribution in [0, 0.1) is 5.92 Å². The fourth-order valence-corrected chi connectivity index (χ4v) is 2.51. The topological polar surface area (TPSA) is 81.7 Å². The lowest BCUT2D eigenvalue weighted by molar-refractivity contribution is -0.139. The Morgan fingerprint density at radius 3 is 2.53 bits per heavy atom. The van der Waals surface area contributed by atoms with Crippen LogP contribution in [0.3, 0.4) is 0 Å². The number of likely N-dealkylation sites (tertiary alicyclic amines) is 1. The molecule has 2 fully saturated rings. The molecule has 6 nitrogen and oxygen atoms in total. The van der Waals surface area contributed by atoms with Gasteiger partial charge >= 0.3 is 12.0 Å². The molecule has 0 radical (unpaired) electrons. The second-order valence-corrected chi connectivity index (χ2v) is 5.46. The number of hydrogen-bond donors (Lipinski definition) is 3. The van der Waals surface area contributed by atoms with Crippen molar-refractivity contribution in [1.29, 1.82) is 0 Å². The zero-order valence-corrected chi connectivity index (χ0v) is 11.2. The van der Waals surface area contributed by atoms with Gasteiger partial charge in [-0.25, -0.2) is 9.59 Å². The van der Waals surface area contributed by atoms with E-state index in [1.54, 1.807) is 0 Å². The summed E-state index contributed by atoms with van der Waals surface area (Å²) in [6.45, 7) is 3.93. The Bertz CT molecular complexity index is 325. The molecule has 1 aliphatic heterocycles. The van der Waals surface area contributed by atoms with Gasteiger partial charge in [0.05, 0.1) is 0 Å². The van der Waals surface area contributed by atoms with Gasteiger partial charge in [0.2, 0.25) is 0 Å². The molecule has 108 valence electrons. The first kappa shape index (κ1) is 14.1. The van der Waals surface area contributed by atoms with E-state index in [-0.39, 0.29) is 11.9 Å². The molecule has 0 aromatic rings. The van der Waals surface area contributed by atoms with E-state index < -0.39 is 12.0 Å². The van der Waals surface area contributed by atoms with Crippen molar-refractivity contribution in [3.8, 4) is 0 Å². The van der Waals surface area contributed by atoms with Crippen molar-refractivity contribution in [2.24, 2.45) is 5.92 Å². The lowest BCUT2D eigenvalue weighted by atomic mass is 10.2. The fourth-order valence-electron chi connectivity index (χ4n) is 2.51. The molecule has 3 N–H and O–H groups in total. The molecule has 0 aromatic heterocycles. The van der Waals surface area contributed by atoms with Gasteiger partial charge in [-0.2, -0.15) is 0 Å². The summed E-state index contributed by atoms with van der Waals surface area (Å²) in [5.74, 6) is -0.817. The van der Waals surface area contributed by atoms with Gasteiger partial charge in [-0.05, 0) is 57.7 Å². The lowest BCUT2D eigenvalue weighted by Crippen LogP contribution is -2.47. The number of carbonyl (C=O) groups is 2. The molecule has 2 aliphatic rings. The summed E-state index contributed by atoms with van der Waals surface area (Å²) in [4.78, 5) is 25.0. The van der Waals surface area contributed by atoms with E-state index in [0.29, 0.717) is 6.54 Å². The minimum Gasteiger partial charge on any atom is -0.480 e. The van der Waals surface area contributed by atoms with Crippen LogP contribution in [0.1, 0.15) is 32.1 Å². The van der Waals surface area contributed by atoms with Gasteiger partial charge < -0.3 is 20.6 Å². The number of nitrogens with zero attached hydrogens (tertiary/aromatic N) is 1. The van der Waals surface area contributed by atoms with Crippen LogP contribution < -0.4 is 10.6 Å². The van der Waals surface area contributed by atoms with Gasteiger partial charge in [0.1, 0.15) is 6.04 Å². The first-order valence-corrected chi connectivity index (χ1v) is 7.16. The summed E-state index contributed by atoms with van der Waals surface area (Å²) in [7, 11) is 0. The zero-order valence-electron chi connectivity index (χ0n) is 11.2. The van der Waals surface area contributed by atoms with E-state index in [1.165, 1.54) is 12.8 Å². The Hall–Kier alpha value is -1.30. The van der Waals surface area contributed by atoms with E-state index in [1.807, 2.05) is 0 Å². The summed E-state index contributed by atoms with van der Waals surface area (Å²) < 4.78 is 0. The third-order valence-electron chi connectivity index (χ3n) is 3.78. The fraction of sp³-hybridized carbons (Fsp3) is 0.846. The van der Waals surface area contributed by atoms with E-state index in [2.05, 4.69) is 15.5 Å². The summed E-state index contributed by atoms with van der Waals surface area (Å²) >= 11 is 0. The monoisotopic (exact) mass is 269 g/mol. The van der Waals surface area contributed by atoms with Crippen LogP contribution in [0.4, 0.5) is 4.79 Å². The van der Waals surface area contributed by atoms with Gasteiger partial charge in [0, 0.05) is 6.54 Å². The molecule has 0 aromatic carbocycles. The summed E-state index contributed by atoms with van der Waals surface area (Å²) in [6, 6.07) is -1.08. The van der Waals surface area contributed by atoms with Gasteiger partial charge in [-0.1, -0.05) is 0 Å². The second kappa shape index (κ2) is 6.75. The molecule has 1 aliphatic carbocycles. The van der Waals surface area contributed by atoms with Crippen molar-refractivity contribution >= 4 is 12.0 Å². The number of carboxylic acids is 1. The molecular weight excluding hydrogens is 246 g/mol. The van der Waals surface area contributed by atoms with Gasteiger partial charge in [-0.15, -0.1) is 0 Å². The number of carboxylic acid groups (broad SMARTS) is 1. The Balaban J connectivity index is 1.57. The molecule has 2 amide bonds. The number of nitrogens with one attached hydrogen (secondary N) is 2. The van der Waals surface area contributed by atoms with Crippen LogP contribution >= 0.6 is 0 Å². The maximum Gasteiger partial charge on any atom is 0.326 e. The summed E-state index contributed by atoms with van der Waals surface area (Å²) in [5, 5.41) is 14.3. The highest BCUT2D eigenvalue weighted by molar-refractivity contribution is 5.83. The predicted molar refractivity (Wildman–Crippen MR) is 71.0 cm³/mol. The highest BCUT2D eigenvalue weighted by Crippen LogP contribution is 2.32. The van der Waals surface area contributed by atoms with E-state index in [0.717, 1.165) is 38.9 Å². The van der Waals surface area contributed by atoms with E-state index in [9.17, 15) is 9.59 Å². The first-order valence-electron chi connectivity index (χ1n) is 7.16. The molecule has 1 heterocycles.